The van der Waals surface area contributed by atoms with E-state index in [1.807, 2.05) is 7.05 Å². The Balaban J connectivity index is 2.32. The van der Waals surface area contributed by atoms with E-state index in [-0.39, 0.29) is 0 Å². The molecule has 68 valence electrons. The van der Waals surface area contributed by atoms with E-state index < -0.39 is 0 Å². The maximum absolute atomic E-state index is 3.20. The molecule has 1 nitrogen and oxygen atoms in total. The van der Waals surface area contributed by atoms with Crippen LogP contribution in [0.15, 0.2) is 23.8 Å². The SMILES string of the molecule is CNCC1=Cc2c(C)cccc2C1. The largest absolute Gasteiger partial charge is 0.316 e. The van der Waals surface area contributed by atoms with Gasteiger partial charge in [-0.05, 0) is 37.1 Å². The third kappa shape index (κ3) is 1.52. The number of hydrogen-bond donors (Lipinski definition) is 1. The lowest BCUT2D eigenvalue weighted by molar-refractivity contribution is 0.866. The van der Waals surface area contributed by atoms with Crippen LogP contribution < -0.4 is 5.32 Å². The number of likely N-dealkylation sites (N-methyl/N-ethyl adjacent to an activating group) is 1. The van der Waals surface area contributed by atoms with Gasteiger partial charge in [0.25, 0.3) is 0 Å². The molecule has 0 fully saturated rings. The fourth-order valence-electron chi connectivity index (χ4n) is 1.94. The van der Waals surface area contributed by atoms with Gasteiger partial charge in [0.1, 0.15) is 0 Å². The van der Waals surface area contributed by atoms with Crippen molar-refractivity contribution >= 4 is 6.08 Å². The maximum atomic E-state index is 3.20. The molecule has 0 aromatic heterocycles. The van der Waals surface area contributed by atoms with Crippen molar-refractivity contribution in [2.24, 2.45) is 0 Å². The van der Waals surface area contributed by atoms with E-state index in [4.69, 9.17) is 0 Å². The Morgan fingerprint density at radius 1 is 1.38 bits per heavy atom. The molecule has 1 heteroatoms. The van der Waals surface area contributed by atoms with E-state index >= 15 is 0 Å². The highest BCUT2D eigenvalue weighted by molar-refractivity contribution is 5.66. The average molecular weight is 173 g/mol. The molecule has 0 heterocycles. The zero-order chi connectivity index (χ0) is 9.26. The molecule has 0 saturated heterocycles. The molecule has 1 aromatic carbocycles. The zero-order valence-corrected chi connectivity index (χ0v) is 8.22. The predicted molar refractivity (Wildman–Crippen MR) is 56.8 cm³/mol. The topological polar surface area (TPSA) is 12.0 Å². The number of benzene rings is 1. The second-order valence-electron chi connectivity index (χ2n) is 3.66. The monoisotopic (exact) mass is 173 g/mol. The van der Waals surface area contributed by atoms with Gasteiger partial charge in [0.15, 0.2) is 0 Å². The van der Waals surface area contributed by atoms with Crippen LogP contribution in [0.2, 0.25) is 0 Å². The molecule has 0 saturated carbocycles. The molecule has 13 heavy (non-hydrogen) atoms. The summed E-state index contributed by atoms with van der Waals surface area (Å²) in [5.74, 6) is 0. The van der Waals surface area contributed by atoms with Crippen molar-refractivity contribution in [3.05, 3.63) is 40.5 Å². The normalized spacial score (nSPS) is 14.2. The van der Waals surface area contributed by atoms with Crippen LogP contribution in [0.4, 0.5) is 0 Å². The number of fused-ring (bicyclic) bond motifs is 1. The van der Waals surface area contributed by atoms with Crippen LogP contribution >= 0.6 is 0 Å². The number of hydrogen-bond acceptors (Lipinski definition) is 1. The first kappa shape index (κ1) is 8.52. The van der Waals surface area contributed by atoms with Gasteiger partial charge >= 0.3 is 0 Å². The third-order valence-electron chi connectivity index (χ3n) is 2.58. The minimum Gasteiger partial charge on any atom is -0.316 e. The molecule has 0 atom stereocenters. The van der Waals surface area contributed by atoms with E-state index in [9.17, 15) is 0 Å². The first-order valence-corrected chi connectivity index (χ1v) is 4.74. The highest BCUT2D eigenvalue weighted by atomic mass is 14.8. The first-order valence-electron chi connectivity index (χ1n) is 4.74. The van der Waals surface area contributed by atoms with Crippen LogP contribution in [0.3, 0.4) is 0 Å². The molecule has 1 N–H and O–H groups in total. The van der Waals surface area contributed by atoms with Gasteiger partial charge in [-0.1, -0.05) is 29.8 Å². The van der Waals surface area contributed by atoms with Crippen molar-refractivity contribution in [3.63, 3.8) is 0 Å². The van der Waals surface area contributed by atoms with Crippen molar-refractivity contribution in [1.29, 1.82) is 0 Å². The van der Waals surface area contributed by atoms with Gasteiger partial charge in [0.05, 0.1) is 0 Å². The fourth-order valence-corrected chi connectivity index (χ4v) is 1.94. The van der Waals surface area contributed by atoms with E-state index in [1.54, 1.807) is 0 Å². The molecule has 2 rings (SSSR count). The molecule has 0 bridgehead atoms. The first-order chi connectivity index (χ1) is 6.31. The molecular formula is C12H15N. The number of nitrogens with one attached hydrogen (secondary N) is 1. The number of rotatable bonds is 2. The quantitative estimate of drug-likeness (QED) is 0.722. The van der Waals surface area contributed by atoms with Gasteiger partial charge in [0, 0.05) is 6.54 Å². The van der Waals surface area contributed by atoms with Crippen LogP contribution in [0, 0.1) is 6.92 Å². The molecule has 1 aliphatic carbocycles. The van der Waals surface area contributed by atoms with E-state index in [1.165, 1.54) is 22.3 Å². The maximum Gasteiger partial charge on any atom is 0.0168 e. The lowest BCUT2D eigenvalue weighted by Crippen LogP contribution is -2.09. The molecule has 0 amide bonds. The third-order valence-corrected chi connectivity index (χ3v) is 2.58. The van der Waals surface area contributed by atoms with Crippen molar-refractivity contribution < 1.29 is 0 Å². The minimum absolute atomic E-state index is 1.01. The Kier molecular flexibility index (Phi) is 2.19. The van der Waals surface area contributed by atoms with E-state index in [0.717, 1.165) is 13.0 Å². The Bertz CT molecular complexity index is 350. The lowest BCUT2D eigenvalue weighted by atomic mass is 10.1. The molecule has 0 radical (unpaired) electrons. The van der Waals surface area contributed by atoms with Crippen LogP contribution in [0.1, 0.15) is 16.7 Å². The lowest BCUT2D eigenvalue weighted by Gasteiger charge is -2.00. The summed E-state index contributed by atoms with van der Waals surface area (Å²) in [4.78, 5) is 0. The molecule has 1 aliphatic rings. The predicted octanol–water partition coefficient (Wildman–Crippen LogP) is 2.15. The van der Waals surface area contributed by atoms with Crippen molar-refractivity contribution in [2.45, 2.75) is 13.3 Å². The average Bonchev–Trinajstić information content (AvgIpc) is 2.49. The van der Waals surface area contributed by atoms with Crippen molar-refractivity contribution in [3.8, 4) is 0 Å². The Morgan fingerprint density at radius 3 is 2.92 bits per heavy atom. The second-order valence-corrected chi connectivity index (χ2v) is 3.66. The Hall–Kier alpha value is -1.08. The molecular weight excluding hydrogens is 158 g/mol. The highest BCUT2D eigenvalue weighted by Gasteiger charge is 2.12. The molecule has 0 spiro atoms. The van der Waals surface area contributed by atoms with Crippen LogP contribution in [-0.4, -0.2) is 13.6 Å². The smallest absolute Gasteiger partial charge is 0.0168 e. The summed E-state index contributed by atoms with van der Waals surface area (Å²) in [5.41, 5.74) is 5.80. The van der Waals surface area contributed by atoms with Crippen LogP contribution in [0.5, 0.6) is 0 Å². The number of aryl methyl sites for hydroxylation is 1. The Labute approximate surface area is 79.5 Å². The van der Waals surface area contributed by atoms with Gasteiger partial charge < -0.3 is 5.32 Å². The van der Waals surface area contributed by atoms with Crippen LogP contribution in [0.25, 0.3) is 6.08 Å². The summed E-state index contributed by atoms with van der Waals surface area (Å²) in [7, 11) is 2.00. The fraction of sp³-hybridized carbons (Fsp3) is 0.333. The van der Waals surface area contributed by atoms with Gasteiger partial charge in [-0.3, -0.25) is 0 Å². The summed E-state index contributed by atoms with van der Waals surface area (Å²) < 4.78 is 0. The Morgan fingerprint density at radius 2 is 2.23 bits per heavy atom. The van der Waals surface area contributed by atoms with Gasteiger partial charge in [0.2, 0.25) is 0 Å². The minimum atomic E-state index is 1.01. The summed E-state index contributed by atoms with van der Waals surface area (Å²) in [6.45, 7) is 3.19. The van der Waals surface area contributed by atoms with Gasteiger partial charge in [-0.15, -0.1) is 0 Å². The second kappa shape index (κ2) is 3.35. The van der Waals surface area contributed by atoms with E-state index in [0.29, 0.717) is 0 Å². The molecule has 0 aliphatic heterocycles. The molecule has 1 aromatic rings. The standard InChI is InChI=1S/C12H15N/c1-9-4-3-5-11-6-10(8-13-2)7-12(9)11/h3-5,7,13H,6,8H2,1-2H3. The van der Waals surface area contributed by atoms with Crippen molar-refractivity contribution in [1.82, 2.24) is 5.32 Å². The zero-order valence-electron chi connectivity index (χ0n) is 8.22. The summed E-state index contributed by atoms with van der Waals surface area (Å²) >= 11 is 0. The van der Waals surface area contributed by atoms with E-state index in [2.05, 4.69) is 36.5 Å². The van der Waals surface area contributed by atoms with Gasteiger partial charge in [-0.25, -0.2) is 0 Å². The molecule has 0 unspecified atom stereocenters. The van der Waals surface area contributed by atoms with Crippen molar-refractivity contribution in [2.75, 3.05) is 13.6 Å². The summed E-state index contributed by atoms with van der Waals surface area (Å²) in [6, 6.07) is 6.55. The van der Waals surface area contributed by atoms with Crippen LogP contribution in [-0.2, 0) is 6.42 Å². The summed E-state index contributed by atoms with van der Waals surface area (Å²) in [5, 5.41) is 3.20. The highest BCUT2D eigenvalue weighted by Crippen LogP contribution is 2.26. The summed E-state index contributed by atoms with van der Waals surface area (Å²) in [6.07, 6.45) is 3.44. The van der Waals surface area contributed by atoms with Gasteiger partial charge in [-0.2, -0.15) is 0 Å².